The van der Waals surface area contributed by atoms with E-state index in [9.17, 15) is 8.42 Å². The molecule has 0 fully saturated rings. The van der Waals surface area contributed by atoms with E-state index in [4.69, 9.17) is 0 Å². The van der Waals surface area contributed by atoms with E-state index in [0.717, 1.165) is 11.1 Å². The fourth-order valence-corrected chi connectivity index (χ4v) is 3.03. The molecule has 0 amide bonds. The number of aryl methyl sites for hydroxylation is 1. The number of hydrogen-bond donors (Lipinski definition) is 1. The van der Waals surface area contributed by atoms with Gasteiger partial charge in [-0.15, -0.1) is 0 Å². The van der Waals surface area contributed by atoms with E-state index in [-0.39, 0.29) is 10.8 Å². The van der Waals surface area contributed by atoms with Crippen LogP contribution < -0.4 is 4.72 Å². The number of aromatic nitrogens is 2. The molecule has 0 unspecified atom stereocenters. The van der Waals surface area contributed by atoms with Gasteiger partial charge in [0.15, 0.2) is 0 Å². The summed E-state index contributed by atoms with van der Waals surface area (Å²) in [5.74, 6) is 0.0481. The van der Waals surface area contributed by atoms with Gasteiger partial charge in [-0.2, -0.15) is 0 Å². The molecule has 0 saturated carbocycles. The van der Waals surface area contributed by atoms with Gasteiger partial charge >= 0.3 is 0 Å². The van der Waals surface area contributed by atoms with Crippen molar-refractivity contribution in [2.45, 2.75) is 11.8 Å². The second-order valence-corrected chi connectivity index (χ2v) is 6.73. The van der Waals surface area contributed by atoms with Crippen molar-refractivity contribution in [3.63, 3.8) is 0 Å². The van der Waals surface area contributed by atoms with Crippen molar-refractivity contribution in [1.82, 2.24) is 9.97 Å². The minimum Gasteiger partial charge on any atom is -0.247 e. The zero-order chi connectivity index (χ0) is 16.3. The van der Waals surface area contributed by atoms with Crippen LogP contribution in [0.1, 0.15) is 5.56 Å². The van der Waals surface area contributed by atoms with Gasteiger partial charge in [0.25, 0.3) is 10.0 Å². The molecule has 2 aromatic carbocycles. The third-order valence-corrected chi connectivity index (χ3v) is 4.63. The largest absolute Gasteiger partial charge is 0.264 e. The van der Waals surface area contributed by atoms with Crippen LogP contribution in [0.4, 0.5) is 5.95 Å². The Morgan fingerprint density at radius 1 is 0.913 bits per heavy atom. The zero-order valence-electron chi connectivity index (χ0n) is 12.5. The van der Waals surface area contributed by atoms with Gasteiger partial charge in [-0.1, -0.05) is 48.0 Å². The summed E-state index contributed by atoms with van der Waals surface area (Å²) in [7, 11) is -3.70. The van der Waals surface area contributed by atoms with Crippen molar-refractivity contribution in [3.8, 4) is 11.3 Å². The van der Waals surface area contributed by atoms with E-state index in [0.29, 0.717) is 5.69 Å². The van der Waals surface area contributed by atoms with Crippen LogP contribution in [-0.2, 0) is 10.0 Å². The number of hydrogen-bond acceptors (Lipinski definition) is 4. The van der Waals surface area contributed by atoms with Crippen molar-refractivity contribution in [2.75, 3.05) is 4.72 Å². The molecule has 5 nitrogen and oxygen atoms in total. The number of nitrogens with zero attached hydrogens (tertiary/aromatic N) is 2. The van der Waals surface area contributed by atoms with Gasteiger partial charge in [-0.3, -0.25) is 0 Å². The molecule has 3 aromatic rings. The summed E-state index contributed by atoms with van der Waals surface area (Å²) in [6, 6.07) is 17.8. The number of nitrogens with one attached hydrogen (secondary N) is 1. The molecule has 3 rings (SSSR count). The van der Waals surface area contributed by atoms with Crippen LogP contribution in [-0.4, -0.2) is 18.4 Å². The van der Waals surface area contributed by atoms with E-state index in [2.05, 4.69) is 14.7 Å². The summed E-state index contributed by atoms with van der Waals surface area (Å²) < 4.78 is 27.2. The lowest BCUT2D eigenvalue weighted by Crippen LogP contribution is -2.15. The van der Waals surface area contributed by atoms with Crippen LogP contribution >= 0.6 is 0 Å². The molecular formula is C17H15N3O2S. The predicted molar refractivity (Wildman–Crippen MR) is 89.5 cm³/mol. The summed E-state index contributed by atoms with van der Waals surface area (Å²) in [5.41, 5.74) is 2.54. The third kappa shape index (κ3) is 3.54. The Bertz CT molecular complexity index is 908. The van der Waals surface area contributed by atoms with Crippen LogP contribution in [0, 0.1) is 6.92 Å². The van der Waals surface area contributed by atoms with E-state index < -0.39 is 10.0 Å². The lowest BCUT2D eigenvalue weighted by molar-refractivity contribution is 0.601. The molecule has 0 bridgehead atoms. The summed E-state index contributed by atoms with van der Waals surface area (Å²) in [6.45, 7) is 1.90. The van der Waals surface area contributed by atoms with Crippen molar-refractivity contribution < 1.29 is 8.42 Å². The summed E-state index contributed by atoms with van der Waals surface area (Å²) in [6.07, 6.45) is 1.53. The molecular weight excluding hydrogens is 310 g/mol. The van der Waals surface area contributed by atoms with Crippen LogP contribution in [0.5, 0.6) is 0 Å². The highest BCUT2D eigenvalue weighted by Gasteiger charge is 2.15. The molecule has 0 atom stereocenters. The molecule has 23 heavy (non-hydrogen) atoms. The monoisotopic (exact) mass is 325 g/mol. The topological polar surface area (TPSA) is 72.0 Å². The molecule has 116 valence electrons. The maximum Gasteiger partial charge on any atom is 0.264 e. The average molecular weight is 325 g/mol. The fourth-order valence-electron chi connectivity index (χ4n) is 2.07. The van der Waals surface area contributed by atoms with Crippen LogP contribution in [0.3, 0.4) is 0 Å². The van der Waals surface area contributed by atoms with Gasteiger partial charge in [0, 0.05) is 11.8 Å². The first-order valence-corrected chi connectivity index (χ1v) is 8.51. The number of rotatable bonds is 4. The van der Waals surface area contributed by atoms with Gasteiger partial charge in [-0.25, -0.2) is 23.1 Å². The standard InChI is InChI=1S/C17H15N3O2S/c1-13-7-9-15(10-8-13)23(21,22)20-17-18-12-11-16(19-17)14-5-3-2-4-6-14/h2-12H,1H3,(H,18,19,20). The number of sulfonamides is 1. The Hall–Kier alpha value is -2.73. The van der Waals surface area contributed by atoms with Crippen molar-refractivity contribution in [3.05, 3.63) is 72.4 Å². The SMILES string of the molecule is Cc1ccc(S(=O)(=O)Nc2nccc(-c3ccccc3)n2)cc1. The first-order valence-electron chi connectivity index (χ1n) is 7.02. The molecule has 0 radical (unpaired) electrons. The van der Waals surface area contributed by atoms with Crippen LogP contribution in [0.15, 0.2) is 71.8 Å². The first-order chi connectivity index (χ1) is 11.0. The Balaban J connectivity index is 1.90. The highest BCUT2D eigenvalue weighted by molar-refractivity contribution is 7.92. The Morgan fingerprint density at radius 3 is 2.30 bits per heavy atom. The summed E-state index contributed by atoms with van der Waals surface area (Å²) in [5, 5.41) is 0. The lowest BCUT2D eigenvalue weighted by Gasteiger charge is -2.08. The van der Waals surface area contributed by atoms with Crippen LogP contribution in [0.25, 0.3) is 11.3 Å². The van der Waals surface area contributed by atoms with Gasteiger partial charge < -0.3 is 0 Å². The molecule has 0 aliphatic rings. The first kappa shape index (κ1) is 15.2. The second-order valence-electron chi connectivity index (χ2n) is 5.05. The van der Waals surface area contributed by atoms with E-state index >= 15 is 0 Å². The minimum atomic E-state index is -3.70. The number of benzene rings is 2. The Labute approximate surface area is 135 Å². The molecule has 0 aliphatic carbocycles. The van der Waals surface area contributed by atoms with Crippen molar-refractivity contribution >= 4 is 16.0 Å². The molecule has 1 heterocycles. The molecule has 0 saturated heterocycles. The van der Waals surface area contributed by atoms with Crippen LogP contribution in [0.2, 0.25) is 0 Å². The second kappa shape index (κ2) is 6.18. The quantitative estimate of drug-likeness (QED) is 0.799. The van der Waals surface area contributed by atoms with Gasteiger partial charge in [0.1, 0.15) is 0 Å². The Kier molecular flexibility index (Phi) is 4.08. The molecule has 1 aromatic heterocycles. The predicted octanol–water partition coefficient (Wildman–Crippen LogP) is 3.25. The third-order valence-electron chi connectivity index (χ3n) is 3.28. The zero-order valence-corrected chi connectivity index (χ0v) is 13.3. The number of anilines is 1. The summed E-state index contributed by atoms with van der Waals surface area (Å²) >= 11 is 0. The minimum absolute atomic E-state index is 0.0481. The molecule has 1 N–H and O–H groups in total. The highest BCUT2D eigenvalue weighted by atomic mass is 32.2. The normalized spacial score (nSPS) is 11.2. The average Bonchev–Trinajstić information content (AvgIpc) is 2.56. The molecule has 0 spiro atoms. The smallest absolute Gasteiger partial charge is 0.247 e. The highest BCUT2D eigenvalue weighted by Crippen LogP contribution is 2.19. The van der Waals surface area contributed by atoms with E-state index in [1.54, 1.807) is 30.3 Å². The Morgan fingerprint density at radius 2 is 1.61 bits per heavy atom. The maximum atomic E-state index is 12.4. The fraction of sp³-hybridized carbons (Fsp3) is 0.0588. The molecule has 0 aliphatic heterocycles. The van der Waals surface area contributed by atoms with E-state index in [1.165, 1.54) is 6.20 Å². The van der Waals surface area contributed by atoms with Crippen molar-refractivity contribution in [2.24, 2.45) is 0 Å². The van der Waals surface area contributed by atoms with Crippen molar-refractivity contribution in [1.29, 1.82) is 0 Å². The lowest BCUT2D eigenvalue weighted by atomic mass is 10.1. The summed E-state index contributed by atoms with van der Waals surface area (Å²) in [4.78, 5) is 8.44. The maximum absolute atomic E-state index is 12.4. The van der Waals surface area contributed by atoms with Gasteiger partial charge in [0.05, 0.1) is 10.6 Å². The van der Waals surface area contributed by atoms with Gasteiger partial charge in [0.2, 0.25) is 5.95 Å². The van der Waals surface area contributed by atoms with Gasteiger partial charge in [-0.05, 0) is 25.1 Å². The van der Waals surface area contributed by atoms with E-state index in [1.807, 2.05) is 37.3 Å². The molecule has 6 heteroatoms.